The lowest BCUT2D eigenvalue weighted by Gasteiger charge is -2.34. The van der Waals surface area contributed by atoms with Crippen LogP contribution in [0.2, 0.25) is 0 Å². The quantitative estimate of drug-likeness (QED) is 0.0130. The summed E-state index contributed by atoms with van der Waals surface area (Å²) in [5.74, 6) is -15.7. The highest BCUT2D eigenvalue weighted by molar-refractivity contribution is 8.76. The number of benzene rings is 2. The van der Waals surface area contributed by atoms with E-state index in [1.165, 1.54) is 39.0 Å². The number of H-pyrrole nitrogens is 1. The number of carboxylic acids is 1. The van der Waals surface area contributed by atoms with Crippen LogP contribution in [0.4, 0.5) is 0 Å². The molecule has 121 heavy (non-hydrogen) atoms. The fraction of sp³-hybridized carbons (Fsp3) is 0.620. The standard InChI is InChI=1S/C79H121N21O19S2/c1-42(2)34-49(82)65(105)96-63(43(3)4)73(113)89-51(20-12-30-85-79(83)84)66(106)87-38-62(104)88-57-40-120-121-41-58(78(118)119)95-72(112)59-21-13-31-98(59)75(115)53(19-9-11-29-81)91-71(111)60-22-14-32-99(60)77(117)61-23-15-33-100(61)76(116)55(35-45-24-26-47(103)27-25-45)93-69(109)56(39-101)94-67(107)52(18-8-10-28-80)90-74(114)64(44(5)102)97-68(108)54(92-70(57)110)36-46-37-86-50-17-7-6-16-48(46)50/h6-7,16-17,24-27,37,42-44,49,51-61,63-64,86,101-103H,8-15,18-23,28-36,38-41,80-82H2,1-5H3,(H,87,106)(H,88,104)(H,89,113)(H,90,114)(H,91,111)(H,92,110)(H,93,109)(H,94,107)(H,95,112)(H,96,105)(H,97,108)(H,118,119)(H4,83,84,85)/t44-,49+,51+,52+,53+,54+,55+,56+,57+,58+,59+,60+,61+,63+,64+/m1/s1. The van der Waals surface area contributed by atoms with E-state index in [2.05, 4.69) is 68.5 Å². The van der Waals surface area contributed by atoms with Gasteiger partial charge in [0.25, 0.3) is 0 Å². The molecule has 0 bridgehead atoms. The first kappa shape index (κ1) is 97.7. The van der Waals surface area contributed by atoms with Crippen molar-refractivity contribution in [3.05, 3.63) is 65.9 Å². The Hall–Kier alpha value is -10.4. The summed E-state index contributed by atoms with van der Waals surface area (Å²) >= 11 is 0. The summed E-state index contributed by atoms with van der Waals surface area (Å²) in [6.07, 6.45) is 1.83. The van der Waals surface area contributed by atoms with Crippen LogP contribution in [-0.2, 0) is 84.8 Å². The van der Waals surface area contributed by atoms with Crippen LogP contribution in [0, 0.1) is 11.8 Å². The molecule has 0 unspecified atom stereocenters. The van der Waals surface area contributed by atoms with E-state index in [9.17, 15) is 78.0 Å². The summed E-state index contributed by atoms with van der Waals surface area (Å²) in [5, 5.41) is 72.3. The number of para-hydroxylation sites is 1. The third kappa shape index (κ3) is 29.2. The number of carbonyl (C=O) groups is 15. The number of aliphatic hydroxyl groups is 2. The van der Waals surface area contributed by atoms with Gasteiger partial charge >= 0.3 is 5.97 Å². The van der Waals surface area contributed by atoms with Gasteiger partial charge in [0.1, 0.15) is 84.3 Å². The normalized spacial score (nSPS) is 24.2. The predicted molar refractivity (Wildman–Crippen MR) is 450 cm³/mol. The first-order valence-corrected chi connectivity index (χ1v) is 43.7. The smallest absolute Gasteiger partial charge is 0.327 e. The fourth-order valence-electron chi connectivity index (χ4n) is 14.8. The van der Waals surface area contributed by atoms with Crippen LogP contribution in [-0.4, -0.2) is 289 Å². The summed E-state index contributed by atoms with van der Waals surface area (Å²) in [6, 6.07) is -7.86. The average Bonchev–Trinajstić information content (AvgIpc) is 1.66. The monoisotopic (exact) mass is 1730 g/mol. The van der Waals surface area contributed by atoms with Gasteiger partial charge in [-0.3, -0.25) is 72.1 Å². The SMILES string of the molecule is CC(C)C[C@H](N)C(=O)N[C@H](C(=O)N[C@@H](CCCN=C(N)N)C(=O)NCC(=O)N[C@H]1CSSC[C@@H](C(=O)O)NC(=O)[C@@H]2CCCN2C(=O)[C@H](CCCCN)NC(=O)[C@@H]2CCCN2C(=O)[C@@H]2CCCN2C(=O)[C@H](Cc2ccc(O)cc2)NC(=O)[C@H](CO)NC(=O)[C@H](CCCCN)NC(=O)[C@H]([C@@H](C)O)NC(=O)[C@H](Cc2c[nH]c3ccccc23)NC1=O)C(C)C. The summed E-state index contributed by atoms with van der Waals surface area (Å²) in [6.45, 7) is 6.69. The minimum atomic E-state index is -1.94. The van der Waals surface area contributed by atoms with Gasteiger partial charge in [0.2, 0.25) is 82.7 Å². The molecule has 4 fully saturated rings. The van der Waals surface area contributed by atoms with E-state index in [4.69, 9.17) is 28.7 Å². The number of aromatic nitrogens is 1. The molecule has 15 atom stereocenters. The molecule has 4 aliphatic rings. The molecular weight excluding hydrogens is 1610 g/mol. The number of aromatic hydroxyl groups is 1. The molecule has 40 nitrogen and oxygen atoms in total. The second kappa shape index (κ2) is 48.3. The van der Waals surface area contributed by atoms with Gasteiger partial charge in [0.15, 0.2) is 5.96 Å². The molecule has 4 aliphatic heterocycles. The number of rotatable bonds is 30. The Morgan fingerprint density at radius 3 is 1.76 bits per heavy atom. The van der Waals surface area contributed by atoms with Crippen molar-refractivity contribution in [3.8, 4) is 5.75 Å². The van der Waals surface area contributed by atoms with Crippen LogP contribution in [0.1, 0.15) is 142 Å². The van der Waals surface area contributed by atoms with E-state index in [1.54, 1.807) is 44.3 Å². The maximum Gasteiger partial charge on any atom is 0.327 e. The Balaban J connectivity index is 1.25. The Kier molecular flexibility index (Phi) is 39.0. The van der Waals surface area contributed by atoms with Crippen LogP contribution in [0.25, 0.3) is 10.9 Å². The molecule has 4 saturated heterocycles. The lowest BCUT2D eigenvalue weighted by molar-refractivity contribution is -0.148. The molecule has 26 N–H and O–H groups in total. The molecule has 0 spiro atoms. The van der Waals surface area contributed by atoms with Gasteiger partial charge in [-0.25, -0.2) is 4.79 Å². The number of fused-ring (bicyclic) bond motifs is 4. The zero-order chi connectivity index (χ0) is 88.7. The van der Waals surface area contributed by atoms with Gasteiger partial charge in [-0.1, -0.05) is 79.6 Å². The predicted octanol–water partition coefficient (Wildman–Crippen LogP) is -4.21. The number of carbonyl (C=O) groups excluding carboxylic acids is 14. The number of aromatic amines is 1. The number of nitrogens with zero attached hydrogens (tertiary/aromatic N) is 4. The Morgan fingerprint density at radius 2 is 1.15 bits per heavy atom. The number of guanidine groups is 1. The number of carboxylic acid groups (broad SMARTS) is 1. The fourth-order valence-corrected chi connectivity index (χ4v) is 17.2. The van der Waals surface area contributed by atoms with Crippen molar-refractivity contribution in [3.63, 3.8) is 0 Å². The van der Waals surface area contributed by atoms with Crippen molar-refractivity contribution < 1.29 is 92.3 Å². The Morgan fingerprint density at radius 1 is 0.595 bits per heavy atom. The number of hydrogen-bond acceptors (Lipinski definition) is 24. The van der Waals surface area contributed by atoms with Crippen LogP contribution in [0.5, 0.6) is 5.75 Å². The molecule has 0 radical (unpaired) electrons. The van der Waals surface area contributed by atoms with Gasteiger partial charge in [0, 0.05) is 67.6 Å². The highest BCUT2D eigenvalue weighted by atomic mass is 33.1. The van der Waals surface area contributed by atoms with E-state index in [0.717, 1.165) is 28.5 Å². The molecule has 1 aromatic heterocycles. The third-order valence-corrected chi connectivity index (χ3v) is 23.8. The van der Waals surface area contributed by atoms with E-state index in [-0.39, 0.29) is 128 Å². The van der Waals surface area contributed by atoms with Crippen LogP contribution in [0.3, 0.4) is 0 Å². The van der Waals surface area contributed by atoms with E-state index < -0.39 is 210 Å². The van der Waals surface area contributed by atoms with Gasteiger partial charge in [0.05, 0.1) is 25.3 Å². The largest absolute Gasteiger partial charge is 0.508 e. The topological polar surface area (TPSA) is 637 Å². The molecule has 0 saturated carbocycles. The summed E-state index contributed by atoms with van der Waals surface area (Å²) in [7, 11) is 1.65. The second-order valence-corrected chi connectivity index (χ2v) is 34.1. The molecule has 2 aromatic carbocycles. The van der Waals surface area contributed by atoms with Crippen molar-refractivity contribution in [2.75, 3.05) is 63.9 Å². The molecule has 42 heteroatoms. The number of aliphatic carboxylic acids is 1. The zero-order valence-corrected chi connectivity index (χ0v) is 70.6. The second-order valence-electron chi connectivity index (χ2n) is 31.6. The number of aliphatic hydroxyl groups excluding tert-OH is 2. The van der Waals surface area contributed by atoms with Crippen LogP contribution in [0.15, 0.2) is 59.7 Å². The number of phenolic OH excluding ortho intramolecular Hbond substituents is 1. The van der Waals surface area contributed by atoms with Crippen molar-refractivity contribution in [2.45, 2.75) is 234 Å². The summed E-state index contributed by atoms with van der Waals surface area (Å²) in [5.41, 5.74) is 30.5. The maximum atomic E-state index is 15.2. The molecule has 14 amide bonds. The minimum absolute atomic E-state index is 0.00143. The highest BCUT2D eigenvalue weighted by Crippen LogP contribution is 2.30. The van der Waals surface area contributed by atoms with Gasteiger partial charge in [-0.05, 0) is 157 Å². The Bertz CT molecular complexity index is 4120. The number of aliphatic imine (C=N–C) groups is 1. The molecule has 5 heterocycles. The third-order valence-electron chi connectivity index (χ3n) is 21.4. The lowest BCUT2D eigenvalue weighted by Crippen LogP contribution is -2.62. The number of phenols is 1. The first-order chi connectivity index (χ1) is 57.6. The number of amides is 14. The molecule has 7 rings (SSSR count). The van der Waals surface area contributed by atoms with E-state index in [0.29, 0.717) is 60.6 Å². The summed E-state index contributed by atoms with van der Waals surface area (Å²) in [4.78, 5) is 228. The summed E-state index contributed by atoms with van der Waals surface area (Å²) < 4.78 is 0. The molecule has 0 aliphatic carbocycles. The average molecular weight is 1730 g/mol. The number of nitrogens with two attached hydrogens (primary N) is 5. The number of nitrogens with one attached hydrogen (secondary N) is 12. The minimum Gasteiger partial charge on any atom is -0.508 e. The molecule has 3 aromatic rings. The van der Waals surface area contributed by atoms with Gasteiger partial charge < -0.3 is 127 Å². The van der Waals surface area contributed by atoms with Crippen LogP contribution >= 0.6 is 21.6 Å². The first-order valence-electron chi connectivity index (χ1n) is 41.2. The zero-order valence-electron chi connectivity index (χ0n) is 69.0. The van der Waals surface area contributed by atoms with Crippen molar-refractivity contribution in [2.24, 2.45) is 45.5 Å². The van der Waals surface area contributed by atoms with Crippen molar-refractivity contribution in [1.82, 2.24) is 78.2 Å². The van der Waals surface area contributed by atoms with Crippen LogP contribution < -0.4 is 87.2 Å². The molecular formula is C79H121N21O19S2. The highest BCUT2D eigenvalue weighted by Gasteiger charge is 2.47. The van der Waals surface area contributed by atoms with Gasteiger partial charge in [-0.2, -0.15) is 0 Å². The van der Waals surface area contributed by atoms with Crippen molar-refractivity contribution in [1.29, 1.82) is 0 Å². The van der Waals surface area contributed by atoms with E-state index >= 15 is 14.4 Å². The maximum absolute atomic E-state index is 15.2. The van der Waals surface area contributed by atoms with E-state index in [1.807, 2.05) is 13.8 Å². The lowest BCUT2D eigenvalue weighted by atomic mass is 10.00. The number of unbranched alkanes of at least 4 members (excludes halogenated alkanes) is 2. The van der Waals surface area contributed by atoms with Gasteiger partial charge in [-0.15, -0.1) is 0 Å². The molecule has 668 valence electrons. The number of hydrogen-bond donors (Lipinski definition) is 21. The van der Waals surface area contributed by atoms with Crippen molar-refractivity contribution >= 4 is 127 Å². The Labute approximate surface area is 709 Å².